The highest BCUT2D eigenvalue weighted by Crippen LogP contribution is 2.35. The molecule has 1 saturated carbocycles. The molecule has 1 aliphatic heterocycles. The van der Waals surface area contributed by atoms with Gasteiger partial charge in [-0.2, -0.15) is 0 Å². The van der Waals surface area contributed by atoms with E-state index in [1.54, 1.807) is 7.11 Å². The maximum Gasteiger partial charge on any atom is 0.256 e. The van der Waals surface area contributed by atoms with E-state index in [0.717, 1.165) is 43.7 Å². The molecular formula is C21H32N2O3. The summed E-state index contributed by atoms with van der Waals surface area (Å²) in [6.07, 6.45) is 6.24. The summed E-state index contributed by atoms with van der Waals surface area (Å²) in [7, 11) is 1.65. The molecule has 5 nitrogen and oxygen atoms in total. The minimum atomic E-state index is -0.683. The van der Waals surface area contributed by atoms with E-state index in [1.165, 1.54) is 25.9 Å². The minimum absolute atomic E-state index is 0.0328. The molecule has 1 saturated heterocycles. The quantitative estimate of drug-likeness (QED) is 0.806. The van der Waals surface area contributed by atoms with E-state index >= 15 is 0 Å². The van der Waals surface area contributed by atoms with Gasteiger partial charge in [-0.3, -0.25) is 9.69 Å². The molecule has 1 amide bonds. The lowest BCUT2D eigenvalue weighted by atomic mass is 9.79. The molecular weight excluding hydrogens is 328 g/mol. The molecule has 0 atom stereocenters. The molecule has 0 radical (unpaired) electrons. The van der Waals surface area contributed by atoms with Crippen molar-refractivity contribution < 1.29 is 14.3 Å². The Balaban J connectivity index is 1.49. The summed E-state index contributed by atoms with van der Waals surface area (Å²) in [5.41, 5.74) is 0.106. The standard InChI is InChI=1S/C21H32N2O3/c1-17-9-11-21(25-2,12-10-17)20(24)22-18-5-7-19(8-6-18)26-16-15-23-13-3-4-14-23/h5-8,17H,3-4,9-16H2,1-2H3,(H,22,24). The monoisotopic (exact) mass is 360 g/mol. The minimum Gasteiger partial charge on any atom is -0.492 e. The number of nitrogens with one attached hydrogen (secondary N) is 1. The number of benzene rings is 1. The average Bonchev–Trinajstić information content (AvgIpc) is 3.17. The second-order valence-electron chi connectivity index (χ2n) is 7.76. The van der Waals surface area contributed by atoms with Crippen LogP contribution in [0.4, 0.5) is 5.69 Å². The Morgan fingerprint density at radius 3 is 2.46 bits per heavy atom. The van der Waals surface area contributed by atoms with Crippen LogP contribution in [-0.2, 0) is 9.53 Å². The highest BCUT2D eigenvalue weighted by atomic mass is 16.5. The fourth-order valence-electron chi connectivity index (χ4n) is 3.93. The van der Waals surface area contributed by atoms with Crippen LogP contribution in [0.1, 0.15) is 45.4 Å². The van der Waals surface area contributed by atoms with E-state index in [2.05, 4.69) is 17.1 Å². The molecule has 2 aliphatic rings. The van der Waals surface area contributed by atoms with Crippen molar-refractivity contribution >= 4 is 11.6 Å². The summed E-state index contributed by atoms with van der Waals surface area (Å²) in [6, 6.07) is 7.64. The molecule has 1 N–H and O–H groups in total. The highest BCUT2D eigenvalue weighted by molar-refractivity contribution is 5.97. The van der Waals surface area contributed by atoms with Gasteiger partial charge in [-0.05, 0) is 81.8 Å². The SMILES string of the molecule is COC1(C(=O)Nc2ccc(OCCN3CCCC3)cc2)CCC(C)CC1. The van der Waals surface area contributed by atoms with Gasteiger partial charge in [-0.1, -0.05) is 6.92 Å². The van der Waals surface area contributed by atoms with Crippen molar-refractivity contribution in [2.45, 2.75) is 51.0 Å². The molecule has 5 heteroatoms. The zero-order valence-electron chi connectivity index (χ0n) is 16.1. The number of carbonyl (C=O) groups excluding carboxylic acids is 1. The van der Waals surface area contributed by atoms with E-state index in [-0.39, 0.29) is 5.91 Å². The number of hydrogen-bond acceptors (Lipinski definition) is 4. The van der Waals surface area contributed by atoms with Crippen molar-refractivity contribution in [3.05, 3.63) is 24.3 Å². The van der Waals surface area contributed by atoms with E-state index in [0.29, 0.717) is 12.5 Å². The first kappa shape index (κ1) is 19.2. The van der Waals surface area contributed by atoms with Gasteiger partial charge >= 0.3 is 0 Å². The molecule has 1 aromatic carbocycles. The number of ether oxygens (including phenoxy) is 2. The Bertz CT molecular complexity index is 573. The zero-order valence-corrected chi connectivity index (χ0v) is 16.1. The van der Waals surface area contributed by atoms with Gasteiger partial charge < -0.3 is 14.8 Å². The van der Waals surface area contributed by atoms with Gasteiger partial charge in [-0.25, -0.2) is 0 Å². The molecule has 1 heterocycles. The van der Waals surface area contributed by atoms with E-state index in [1.807, 2.05) is 24.3 Å². The largest absolute Gasteiger partial charge is 0.492 e. The van der Waals surface area contributed by atoms with Crippen LogP contribution >= 0.6 is 0 Å². The normalized spacial score (nSPS) is 26.6. The lowest BCUT2D eigenvalue weighted by molar-refractivity contribution is -0.142. The van der Waals surface area contributed by atoms with Crippen LogP contribution in [0.15, 0.2) is 24.3 Å². The molecule has 1 aliphatic carbocycles. The first-order valence-corrected chi connectivity index (χ1v) is 9.93. The summed E-state index contributed by atoms with van der Waals surface area (Å²) in [5.74, 6) is 1.48. The fraction of sp³-hybridized carbons (Fsp3) is 0.667. The van der Waals surface area contributed by atoms with Gasteiger partial charge in [0.2, 0.25) is 0 Å². The van der Waals surface area contributed by atoms with Crippen LogP contribution in [0.2, 0.25) is 0 Å². The number of anilines is 1. The lowest BCUT2D eigenvalue weighted by Crippen LogP contribution is -2.47. The summed E-state index contributed by atoms with van der Waals surface area (Å²) in [6.45, 7) is 6.30. The molecule has 0 aromatic heterocycles. The molecule has 2 fully saturated rings. The predicted molar refractivity (Wildman–Crippen MR) is 104 cm³/mol. The van der Waals surface area contributed by atoms with E-state index in [9.17, 15) is 4.79 Å². The predicted octanol–water partition coefficient (Wildman–Crippen LogP) is 3.70. The Hall–Kier alpha value is -1.59. The number of likely N-dealkylation sites (tertiary alicyclic amines) is 1. The first-order valence-electron chi connectivity index (χ1n) is 9.93. The Kier molecular flexibility index (Phi) is 6.54. The summed E-state index contributed by atoms with van der Waals surface area (Å²) >= 11 is 0. The van der Waals surface area contributed by atoms with Gasteiger partial charge in [0.15, 0.2) is 0 Å². The smallest absolute Gasteiger partial charge is 0.256 e. The maximum atomic E-state index is 12.8. The van der Waals surface area contributed by atoms with Crippen molar-refractivity contribution in [1.82, 2.24) is 4.90 Å². The van der Waals surface area contributed by atoms with Crippen molar-refractivity contribution in [2.75, 3.05) is 38.7 Å². The number of rotatable bonds is 7. The molecule has 26 heavy (non-hydrogen) atoms. The Morgan fingerprint density at radius 2 is 1.85 bits per heavy atom. The topological polar surface area (TPSA) is 50.8 Å². The molecule has 144 valence electrons. The lowest BCUT2D eigenvalue weighted by Gasteiger charge is -2.36. The molecule has 0 unspecified atom stereocenters. The number of methoxy groups -OCH3 is 1. The van der Waals surface area contributed by atoms with Crippen LogP contribution in [0.25, 0.3) is 0 Å². The third-order valence-electron chi connectivity index (χ3n) is 5.87. The third kappa shape index (κ3) is 4.77. The van der Waals surface area contributed by atoms with Crippen LogP contribution in [-0.4, -0.2) is 49.8 Å². The van der Waals surface area contributed by atoms with Crippen molar-refractivity contribution in [2.24, 2.45) is 5.92 Å². The van der Waals surface area contributed by atoms with E-state index in [4.69, 9.17) is 9.47 Å². The van der Waals surface area contributed by atoms with Crippen molar-refractivity contribution in [1.29, 1.82) is 0 Å². The Morgan fingerprint density at radius 1 is 1.19 bits per heavy atom. The number of nitrogens with zero attached hydrogens (tertiary/aromatic N) is 1. The zero-order chi connectivity index (χ0) is 18.4. The molecule has 1 aromatic rings. The van der Waals surface area contributed by atoms with Crippen LogP contribution in [0, 0.1) is 5.92 Å². The third-order valence-corrected chi connectivity index (χ3v) is 5.87. The fourth-order valence-corrected chi connectivity index (χ4v) is 3.93. The summed E-state index contributed by atoms with van der Waals surface area (Å²) < 4.78 is 11.5. The highest BCUT2D eigenvalue weighted by Gasteiger charge is 2.41. The van der Waals surface area contributed by atoms with Crippen LogP contribution in [0.3, 0.4) is 0 Å². The van der Waals surface area contributed by atoms with Crippen molar-refractivity contribution in [3.8, 4) is 5.75 Å². The number of carbonyl (C=O) groups is 1. The van der Waals surface area contributed by atoms with Crippen LogP contribution < -0.4 is 10.1 Å². The van der Waals surface area contributed by atoms with E-state index < -0.39 is 5.60 Å². The summed E-state index contributed by atoms with van der Waals surface area (Å²) in [5, 5.41) is 3.02. The molecule has 0 bridgehead atoms. The summed E-state index contributed by atoms with van der Waals surface area (Å²) in [4.78, 5) is 15.2. The first-order chi connectivity index (χ1) is 12.6. The van der Waals surface area contributed by atoms with Crippen molar-refractivity contribution in [3.63, 3.8) is 0 Å². The maximum absolute atomic E-state index is 12.8. The second-order valence-corrected chi connectivity index (χ2v) is 7.76. The van der Waals surface area contributed by atoms with Gasteiger partial charge in [0, 0.05) is 19.3 Å². The number of amides is 1. The Labute approximate surface area is 157 Å². The molecule has 0 spiro atoms. The second kappa shape index (κ2) is 8.87. The van der Waals surface area contributed by atoms with Gasteiger partial charge in [0.25, 0.3) is 5.91 Å². The number of hydrogen-bond donors (Lipinski definition) is 1. The van der Waals surface area contributed by atoms with Gasteiger partial charge in [0.05, 0.1) is 0 Å². The average molecular weight is 360 g/mol. The van der Waals surface area contributed by atoms with Gasteiger partial charge in [-0.15, -0.1) is 0 Å². The van der Waals surface area contributed by atoms with Crippen LogP contribution in [0.5, 0.6) is 5.75 Å². The van der Waals surface area contributed by atoms with Gasteiger partial charge in [0.1, 0.15) is 18.0 Å². The molecule has 3 rings (SSSR count).